The molecule has 1 N–H and O–H groups in total. The molecule has 1 radical (unpaired) electrons. The van der Waals surface area contributed by atoms with E-state index in [1.165, 1.54) is 57.4 Å². The molecule has 0 aliphatic heterocycles. The Bertz CT molecular complexity index is 882. The minimum Gasteiger partial charge on any atom is -0.384 e. The lowest BCUT2D eigenvalue weighted by molar-refractivity contribution is 0.0506. The maximum absolute atomic E-state index is 10.4. The number of carbonyl (C=O) groups excluding carboxylic acids is 1. The second-order valence-corrected chi connectivity index (χ2v) is 9.61. The van der Waals surface area contributed by atoms with Crippen LogP contribution in [0.3, 0.4) is 0 Å². The first-order chi connectivity index (χ1) is 14.2. The van der Waals surface area contributed by atoms with Crippen molar-refractivity contribution in [1.29, 1.82) is 0 Å². The van der Waals surface area contributed by atoms with Crippen molar-refractivity contribution in [3.63, 3.8) is 0 Å². The zero-order chi connectivity index (χ0) is 19.7. The molecule has 29 heavy (non-hydrogen) atoms. The number of benzene rings is 2. The molecule has 0 unspecified atom stereocenters. The van der Waals surface area contributed by atoms with Gasteiger partial charge in [-0.2, -0.15) is 0 Å². The fraction of sp³-hybridized carbons (Fsp3) is 0.444. The van der Waals surface area contributed by atoms with E-state index in [1.54, 1.807) is 17.2 Å². The fourth-order valence-electron chi connectivity index (χ4n) is 5.66. The largest absolute Gasteiger partial charge is 0.384 e. The van der Waals surface area contributed by atoms with E-state index in [0.29, 0.717) is 10.8 Å². The Labute approximate surface area is 174 Å². The van der Waals surface area contributed by atoms with Crippen LogP contribution in [0.5, 0.6) is 0 Å². The summed E-state index contributed by atoms with van der Waals surface area (Å²) < 4.78 is 0. The number of rotatable bonds is 7. The van der Waals surface area contributed by atoms with E-state index in [0.717, 1.165) is 23.7 Å². The molecule has 0 heterocycles. The summed E-state index contributed by atoms with van der Waals surface area (Å²) in [6.07, 6.45) is 15.8. The molecule has 2 heteroatoms. The molecule has 2 aromatic carbocycles. The Balaban J connectivity index is 1.22. The van der Waals surface area contributed by atoms with Gasteiger partial charge in [0.25, 0.3) is 0 Å². The molecule has 0 spiro atoms. The quantitative estimate of drug-likeness (QED) is 0.560. The van der Waals surface area contributed by atoms with Crippen molar-refractivity contribution in [3.05, 3.63) is 71.3 Å². The molecule has 0 atom stereocenters. The molecule has 2 bridgehead atoms. The zero-order valence-corrected chi connectivity index (χ0v) is 17.1. The van der Waals surface area contributed by atoms with Gasteiger partial charge in [0.1, 0.15) is 0 Å². The summed E-state index contributed by atoms with van der Waals surface area (Å²) in [7, 11) is 0. The molecule has 4 saturated carbocycles. The minimum absolute atomic E-state index is 0.430. The smallest absolute Gasteiger partial charge is 0.225 e. The van der Waals surface area contributed by atoms with Crippen molar-refractivity contribution in [2.45, 2.75) is 62.7 Å². The molecule has 2 aromatic rings. The van der Waals surface area contributed by atoms with Crippen LogP contribution in [0.2, 0.25) is 0 Å². The molecule has 0 amide bonds. The summed E-state index contributed by atoms with van der Waals surface area (Å²) in [5.74, 6) is 0.851. The van der Waals surface area contributed by atoms with Gasteiger partial charge in [0, 0.05) is 12.2 Å². The molecule has 4 aliphatic carbocycles. The number of nitrogens with one attached hydrogen (secondary N) is 1. The zero-order valence-electron chi connectivity index (χ0n) is 17.1. The van der Waals surface area contributed by atoms with Crippen LogP contribution >= 0.6 is 0 Å². The van der Waals surface area contributed by atoms with Gasteiger partial charge in [-0.3, -0.25) is 4.79 Å². The average molecular weight is 385 g/mol. The lowest BCUT2D eigenvalue weighted by Crippen LogP contribution is -2.47. The highest BCUT2D eigenvalue weighted by Gasteiger charge is 2.49. The number of fused-ring (bicyclic) bond motifs is 3. The van der Waals surface area contributed by atoms with E-state index in [-0.39, 0.29) is 0 Å². The molecule has 4 fully saturated rings. The van der Waals surface area contributed by atoms with Crippen LogP contribution < -0.4 is 5.32 Å². The van der Waals surface area contributed by atoms with Crippen molar-refractivity contribution in [2.75, 3.05) is 11.9 Å². The van der Waals surface area contributed by atoms with Crippen LogP contribution in [0.1, 0.15) is 74.0 Å². The van der Waals surface area contributed by atoms with Gasteiger partial charge >= 0.3 is 0 Å². The second kappa shape index (κ2) is 7.48. The molecule has 0 saturated heterocycles. The fourth-order valence-corrected chi connectivity index (χ4v) is 5.66. The highest BCUT2D eigenvalue weighted by Crippen LogP contribution is 2.57. The molecular weight excluding hydrogens is 354 g/mol. The Morgan fingerprint density at radius 1 is 0.966 bits per heavy atom. The number of anilines is 1. The summed E-state index contributed by atoms with van der Waals surface area (Å²) in [4.78, 5) is 10.4. The van der Waals surface area contributed by atoms with Crippen molar-refractivity contribution < 1.29 is 4.79 Å². The monoisotopic (exact) mass is 384 g/mol. The van der Waals surface area contributed by atoms with Gasteiger partial charge in [-0.15, -0.1) is 0 Å². The van der Waals surface area contributed by atoms with Crippen LogP contribution in [0.4, 0.5) is 5.69 Å². The van der Waals surface area contributed by atoms with Gasteiger partial charge in [-0.1, -0.05) is 42.5 Å². The predicted octanol–water partition coefficient (Wildman–Crippen LogP) is 6.39. The summed E-state index contributed by atoms with van der Waals surface area (Å²) in [5, 5.41) is 3.69. The number of allylic oxidation sites excluding steroid dienone is 1. The Morgan fingerprint density at radius 2 is 1.69 bits per heavy atom. The molecular formula is C27H30NO. The van der Waals surface area contributed by atoms with E-state index < -0.39 is 0 Å². The van der Waals surface area contributed by atoms with E-state index in [9.17, 15) is 4.79 Å². The van der Waals surface area contributed by atoms with Gasteiger partial charge in [0.15, 0.2) is 0 Å². The van der Waals surface area contributed by atoms with Crippen LogP contribution in [-0.4, -0.2) is 12.8 Å². The normalized spacial score (nSPS) is 28.6. The lowest BCUT2D eigenvalue weighted by Gasteiger charge is -2.54. The predicted molar refractivity (Wildman–Crippen MR) is 120 cm³/mol. The SMILES string of the molecule is O=[C]/C=C/c1cccc(NCC23CCC(c4ccc(C5CC5)cc4)(CC2)CC3)c1. The Morgan fingerprint density at radius 3 is 2.34 bits per heavy atom. The van der Waals surface area contributed by atoms with Crippen LogP contribution in [-0.2, 0) is 10.2 Å². The molecule has 0 aromatic heterocycles. The third kappa shape index (κ3) is 3.77. The standard InChI is InChI=1S/C27H30NO/c29-18-2-4-21-3-1-5-25(19-21)28-20-26-12-15-27(16-13-26,17-14-26)24-10-8-23(9-11-24)22-6-7-22/h1-5,8-11,19,22,28H,6-7,12-17,20H2/b4-2+. The number of hydrogen-bond donors (Lipinski definition) is 1. The molecule has 2 nitrogen and oxygen atoms in total. The highest BCUT2D eigenvalue weighted by molar-refractivity contribution is 5.75. The van der Waals surface area contributed by atoms with E-state index in [2.05, 4.69) is 41.7 Å². The van der Waals surface area contributed by atoms with E-state index in [1.807, 2.05) is 18.4 Å². The van der Waals surface area contributed by atoms with Crippen LogP contribution in [0.15, 0.2) is 54.6 Å². The van der Waals surface area contributed by atoms with E-state index in [4.69, 9.17) is 0 Å². The lowest BCUT2D eigenvalue weighted by atomic mass is 9.52. The first-order valence-corrected chi connectivity index (χ1v) is 11.2. The third-order valence-corrected chi connectivity index (χ3v) is 7.87. The van der Waals surface area contributed by atoms with Gasteiger partial charge in [0.2, 0.25) is 6.29 Å². The van der Waals surface area contributed by atoms with Gasteiger partial charge in [0.05, 0.1) is 0 Å². The summed E-state index contributed by atoms with van der Waals surface area (Å²) >= 11 is 0. The minimum atomic E-state index is 0.430. The first-order valence-electron chi connectivity index (χ1n) is 11.2. The third-order valence-electron chi connectivity index (χ3n) is 7.87. The molecule has 149 valence electrons. The van der Waals surface area contributed by atoms with Crippen LogP contribution in [0, 0.1) is 5.41 Å². The second-order valence-electron chi connectivity index (χ2n) is 9.61. The van der Waals surface area contributed by atoms with E-state index >= 15 is 0 Å². The maximum atomic E-state index is 10.4. The molecule has 6 rings (SSSR count). The maximum Gasteiger partial charge on any atom is 0.225 e. The van der Waals surface area contributed by atoms with Crippen molar-refractivity contribution >= 4 is 18.0 Å². The van der Waals surface area contributed by atoms with Gasteiger partial charge < -0.3 is 5.32 Å². The van der Waals surface area contributed by atoms with Crippen LogP contribution in [0.25, 0.3) is 6.08 Å². The Kier molecular flexibility index (Phi) is 4.81. The van der Waals surface area contributed by atoms with Gasteiger partial charge in [-0.25, -0.2) is 0 Å². The summed E-state index contributed by atoms with van der Waals surface area (Å²) in [6, 6.07) is 18.0. The summed E-state index contributed by atoms with van der Waals surface area (Å²) in [5.41, 5.74) is 6.20. The van der Waals surface area contributed by atoms with Crippen molar-refractivity contribution in [1.82, 2.24) is 0 Å². The van der Waals surface area contributed by atoms with Gasteiger partial charge in [-0.05, 0) is 103 Å². The molecule has 4 aliphatic rings. The topological polar surface area (TPSA) is 29.1 Å². The number of hydrogen-bond acceptors (Lipinski definition) is 2. The van der Waals surface area contributed by atoms with Crippen molar-refractivity contribution in [3.8, 4) is 0 Å². The van der Waals surface area contributed by atoms with Crippen molar-refractivity contribution in [2.24, 2.45) is 5.41 Å². The average Bonchev–Trinajstić information content (AvgIpc) is 3.64. The first kappa shape index (κ1) is 18.7. The Hall–Kier alpha value is -2.35. The summed E-state index contributed by atoms with van der Waals surface area (Å²) in [6.45, 7) is 1.05. The highest BCUT2D eigenvalue weighted by atomic mass is 16.1.